The second kappa shape index (κ2) is 8.89. The van der Waals surface area contributed by atoms with E-state index in [2.05, 4.69) is 5.10 Å². The fraction of sp³-hybridized carbons (Fsp3) is 0.560. The summed E-state index contributed by atoms with van der Waals surface area (Å²) in [4.78, 5) is 29.9. The monoisotopic (exact) mass is 486 g/mol. The second-order valence-corrected chi connectivity index (χ2v) is 10.8. The van der Waals surface area contributed by atoms with E-state index in [1.807, 2.05) is 48.7 Å². The van der Waals surface area contributed by atoms with Gasteiger partial charge in [0.2, 0.25) is 0 Å². The summed E-state index contributed by atoms with van der Waals surface area (Å²) in [7, 11) is 0. The quantitative estimate of drug-likeness (QED) is 0.643. The van der Waals surface area contributed by atoms with Gasteiger partial charge in [0.05, 0.1) is 37.1 Å². The van der Waals surface area contributed by atoms with E-state index in [1.54, 1.807) is 11.1 Å². The van der Waals surface area contributed by atoms with E-state index in [-0.39, 0.29) is 18.0 Å². The highest BCUT2D eigenvalue weighted by Crippen LogP contribution is 2.36. The highest BCUT2D eigenvalue weighted by Gasteiger charge is 2.36. The highest BCUT2D eigenvalue weighted by molar-refractivity contribution is 6.30. The molecule has 1 aliphatic carbocycles. The summed E-state index contributed by atoms with van der Waals surface area (Å²) in [6, 6.07) is 3.97. The molecule has 2 aromatic rings. The maximum Gasteiger partial charge on any atom is 0.410 e. The van der Waals surface area contributed by atoms with Gasteiger partial charge in [-0.2, -0.15) is 5.10 Å². The van der Waals surface area contributed by atoms with Crippen LogP contribution >= 0.6 is 11.6 Å². The Morgan fingerprint density at radius 3 is 2.74 bits per heavy atom. The van der Waals surface area contributed by atoms with Gasteiger partial charge in [-0.15, -0.1) is 0 Å². The lowest BCUT2D eigenvalue weighted by atomic mass is 9.90. The number of carbonyl (C=O) groups is 2. The zero-order valence-corrected chi connectivity index (χ0v) is 20.7. The van der Waals surface area contributed by atoms with Crippen molar-refractivity contribution in [3.05, 3.63) is 51.8 Å². The first-order valence-corrected chi connectivity index (χ1v) is 12.3. The number of hydrogen-bond acceptors (Lipinski definition) is 5. The molecule has 1 atom stereocenters. The van der Waals surface area contributed by atoms with E-state index in [4.69, 9.17) is 21.1 Å². The molecule has 1 saturated carbocycles. The minimum absolute atomic E-state index is 0.0256. The van der Waals surface area contributed by atoms with E-state index in [1.165, 1.54) is 0 Å². The fourth-order valence-electron chi connectivity index (χ4n) is 4.70. The Bertz CT molecular complexity index is 1100. The van der Waals surface area contributed by atoms with E-state index >= 15 is 0 Å². The van der Waals surface area contributed by atoms with Crippen molar-refractivity contribution in [2.45, 2.75) is 64.3 Å². The summed E-state index contributed by atoms with van der Waals surface area (Å²) < 4.78 is 13.3. The average molecular weight is 487 g/mol. The van der Waals surface area contributed by atoms with Gasteiger partial charge in [-0.3, -0.25) is 14.4 Å². The molecule has 2 aliphatic heterocycles. The Balaban J connectivity index is 1.42. The smallest absolute Gasteiger partial charge is 0.410 e. The standard InChI is InChI=1S/C25H31ClN4O4/c1-25(2,3)34-24(32)29-8-9-33-15-22(29)20-11-18(26)10-16-6-7-28(14-21(16)20)23(31)17-12-27-30(13-17)19-4-5-19/h10-13,19,22H,4-9,14-15H2,1-3H3/t22-/m0/s1. The third-order valence-electron chi connectivity index (χ3n) is 6.51. The molecule has 1 aromatic heterocycles. The van der Waals surface area contributed by atoms with Gasteiger partial charge < -0.3 is 14.4 Å². The van der Waals surface area contributed by atoms with Gasteiger partial charge in [-0.1, -0.05) is 11.6 Å². The van der Waals surface area contributed by atoms with Gasteiger partial charge in [0.25, 0.3) is 5.91 Å². The van der Waals surface area contributed by atoms with Crippen LogP contribution < -0.4 is 0 Å². The van der Waals surface area contributed by atoms with Gasteiger partial charge in [0, 0.05) is 30.9 Å². The maximum atomic E-state index is 13.3. The summed E-state index contributed by atoms with van der Waals surface area (Å²) in [5, 5.41) is 5.00. The predicted molar refractivity (Wildman–Crippen MR) is 127 cm³/mol. The van der Waals surface area contributed by atoms with Gasteiger partial charge in [0.15, 0.2) is 0 Å². The number of halogens is 1. The van der Waals surface area contributed by atoms with Crippen LogP contribution in [-0.2, 0) is 22.4 Å². The van der Waals surface area contributed by atoms with Crippen molar-refractivity contribution in [3.8, 4) is 0 Å². The van der Waals surface area contributed by atoms with E-state index in [0.717, 1.165) is 29.5 Å². The zero-order chi connectivity index (χ0) is 24.0. The molecule has 5 rings (SSSR count). The Labute approximate surface area is 204 Å². The first-order chi connectivity index (χ1) is 16.2. The third kappa shape index (κ3) is 4.79. The summed E-state index contributed by atoms with van der Waals surface area (Å²) in [5.41, 5.74) is 3.07. The molecule has 2 fully saturated rings. The number of morpholine rings is 1. The van der Waals surface area contributed by atoms with Crippen molar-refractivity contribution in [3.63, 3.8) is 0 Å². The molecular formula is C25H31ClN4O4. The van der Waals surface area contributed by atoms with Crippen molar-refractivity contribution in [1.29, 1.82) is 0 Å². The molecule has 0 bridgehead atoms. The largest absolute Gasteiger partial charge is 0.444 e. The van der Waals surface area contributed by atoms with Gasteiger partial charge >= 0.3 is 6.09 Å². The molecule has 3 aliphatic rings. The molecule has 9 heteroatoms. The van der Waals surface area contributed by atoms with Crippen molar-refractivity contribution in [2.24, 2.45) is 0 Å². The summed E-state index contributed by atoms with van der Waals surface area (Å²) in [6.45, 7) is 7.88. The zero-order valence-electron chi connectivity index (χ0n) is 19.9. The predicted octanol–water partition coefficient (Wildman–Crippen LogP) is 4.38. The fourth-order valence-corrected chi connectivity index (χ4v) is 4.95. The molecule has 0 radical (unpaired) electrons. The highest BCUT2D eigenvalue weighted by atomic mass is 35.5. The number of amides is 2. The van der Waals surface area contributed by atoms with Crippen LogP contribution in [0.2, 0.25) is 5.02 Å². The number of rotatable bonds is 3. The SMILES string of the molecule is CC(C)(C)OC(=O)N1CCOC[C@H]1c1cc(Cl)cc2c1CN(C(=O)c1cnn(C3CC3)c1)CC2. The average Bonchev–Trinajstić information content (AvgIpc) is 3.53. The molecule has 1 saturated heterocycles. The first-order valence-electron chi connectivity index (χ1n) is 11.9. The van der Waals surface area contributed by atoms with Crippen LogP contribution in [0.5, 0.6) is 0 Å². The number of benzene rings is 1. The van der Waals surface area contributed by atoms with Crippen molar-refractivity contribution in [1.82, 2.24) is 19.6 Å². The number of ether oxygens (including phenoxy) is 2. The molecule has 182 valence electrons. The van der Waals surface area contributed by atoms with E-state index in [9.17, 15) is 9.59 Å². The Morgan fingerprint density at radius 1 is 1.21 bits per heavy atom. The maximum absolute atomic E-state index is 13.3. The third-order valence-corrected chi connectivity index (χ3v) is 6.73. The topological polar surface area (TPSA) is 76.9 Å². The molecule has 0 N–H and O–H groups in total. The Morgan fingerprint density at radius 2 is 2.00 bits per heavy atom. The van der Waals surface area contributed by atoms with Crippen LogP contribution in [0.25, 0.3) is 0 Å². The van der Waals surface area contributed by atoms with Crippen LogP contribution in [0, 0.1) is 0 Å². The lowest BCUT2D eigenvalue weighted by Gasteiger charge is -2.39. The summed E-state index contributed by atoms with van der Waals surface area (Å²) >= 11 is 6.50. The molecule has 34 heavy (non-hydrogen) atoms. The lowest BCUT2D eigenvalue weighted by Crippen LogP contribution is -2.46. The van der Waals surface area contributed by atoms with Crippen LogP contribution in [0.3, 0.4) is 0 Å². The van der Waals surface area contributed by atoms with Gasteiger partial charge in [0.1, 0.15) is 5.60 Å². The molecule has 0 unspecified atom stereocenters. The Hall–Kier alpha value is -2.58. The van der Waals surface area contributed by atoms with Crippen LogP contribution in [0.15, 0.2) is 24.5 Å². The second-order valence-electron chi connectivity index (χ2n) is 10.3. The normalized spacial score (nSPS) is 20.8. The molecule has 3 heterocycles. The number of carbonyl (C=O) groups excluding carboxylic acids is 2. The minimum atomic E-state index is -0.595. The molecule has 1 aromatic carbocycles. The lowest BCUT2D eigenvalue weighted by molar-refractivity contribution is -0.0334. The van der Waals surface area contributed by atoms with Crippen LogP contribution in [0.1, 0.15) is 72.7 Å². The van der Waals surface area contributed by atoms with Crippen LogP contribution in [-0.4, -0.2) is 63.5 Å². The number of fused-ring (bicyclic) bond motifs is 1. The number of aromatic nitrogens is 2. The van der Waals surface area contributed by atoms with Crippen molar-refractivity contribution >= 4 is 23.6 Å². The van der Waals surface area contributed by atoms with Crippen molar-refractivity contribution in [2.75, 3.05) is 26.3 Å². The van der Waals surface area contributed by atoms with Crippen molar-refractivity contribution < 1.29 is 19.1 Å². The summed E-state index contributed by atoms with van der Waals surface area (Å²) in [5.74, 6) is -0.0256. The van der Waals surface area contributed by atoms with Crippen LogP contribution in [0.4, 0.5) is 4.79 Å². The molecule has 2 amide bonds. The van der Waals surface area contributed by atoms with Gasteiger partial charge in [-0.05, 0) is 68.9 Å². The molecule has 0 spiro atoms. The minimum Gasteiger partial charge on any atom is -0.444 e. The molecule has 8 nitrogen and oxygen atoms in total. The number of nitrogens with zero attached hydrogens (tertiary/aromatic N) is 4. The number of hydrogen-bond donors (Lipinski definition) is 0. The van der Waals surface area contributed by atoms with E-state index < -0.39 is 5.60 Å². The van der Waals surface area contributed by atoms with E-state index in [0.29, 0.717) is 55.9 Å². The molecular weight excluding hydrogens is 456 g/mol. The first kappa shape index (κ1) is 23.2. The Kier molecular flexibility index (Phi) is 6.06. The van der Waals surface area contributed by atoms with Gasteiger partial charge in [-0.25, -0.2) is 4.79 Å². The summed E-state index contributed by atoms with van der Waals surface area (Å²) in [6.07, 6.45) is 6.09.